The lowest BCUT2D eigenvalue weighted by atomic mass is 10.1. The molecule has 0 aliphatic carbocycles. The number of rotatable bonds is 4. The molecule has 1 aromatic carbocycles. The number of furan rings is 1. The minimum absolute atomic E-state index is 0.286. The van der Waals surface area contributed by atoms with Crippen molar-refractivity contribution in [1.29, 1.82) is 0 Å². The zero-order chi connectivity index (χ0) is 12.3. The fourth-order valence-electron chi connectivity index (χ4n) is 1.59. The van der Waals surface area contributed by atoms with Crippen molar-refractivity contribution >= 4 is 11.6 Å². The van der Waals surface area contributed by atoms with E-state index in [-0.39, 0.29) is 5.22 Å². The molecule has 1 N–H and O–H groups in total. The predicted molar refractivity (Wildman–Crippen MR) is 65.4 cm³/mol. The van der Waals surface area contributed by atoms with E-state index in [2.05, 4.69) is 0 Å². The van der Waals surface area contributed by atoms with Crippen LogP contribution < -0.4 is 4.74 Å². The molecule has 1 aromatic heterocycles. The first-order chi connectivity index (χ1) is 8.19. The van der Waals surface area contributed by atoms with Crippen molar-refractivity contribution < 1.29 is 14.3 Å². The molecule has 0 saturated carbocycles. The first-order valence-corrected chi connectivity index (χ1v) is 5.63. The smallest absolute Gasteiger partial charge is 0.193 e. The highest BCUT2D eigenvalue weighted by molar-refractivity contribution is 6.28. The molecule has 0 amide bonds. The molecule has 0 spiro atoms. The molecule has 2 rings (SSSR count). The van der Waals surface area contributed by atoms with Crippen LogP contribution in [0.4, 0.5) is 0 Å². The molecule has 0 aliphatic heterocycles. The van der Waals surface area contributed by atoms with Crippen LogP contribution in [0.2, 0.25) is 5.22 Å². The van der Waals surface area contributed by atoms with E-state index in [9.17, 15) is 5.11 Å². The van der Waals surface area contributed by atoms with Crippen molar-refractivity contribution in [1.82, 2.24) is 0 Å². The van der Waals surface area contributed by atoms with Crippen LogP contribution in [0.5, 0.6) is 5.75 Å². The largest absolute Gasteiger partial charge is 0.497 e. The van der Waals surface area contributed by atoms with E-state index in [4.69, 9.17) is 20.8 Å². The van der Waals surface area contributed by atoms with Gasteiger partial charge in [0.05, 0.1) is 7.11 Å². The highest BCUT2D eigenvalue weighted by Gasteiger charge is 2.12. The molecule has 90 valence electrons. The van der Waals surface area contributed by atoms with Crippen LogP contribution in [0.15, 0.2) is 40.8 Å². The zero-order valence-electron chi connectivity index (χ0n) is 9.39. The van der Waals surface area contributed by atoms with Gasteiger partial charge in [0.1, 0.15) is 17.6 Å². The number of hydrogen-bond acceptors (Lipinski definition) is 3. The van der Waals surface area contributed by atoms with E-state index in [0.717, 1.165) is 11.3 Å². The minimum atomic E-state index is -0.684. The molecule has 1 heterocycles. The van der Waals surface area contributed by atoms with Crippen LogP contribution in [-0.2, 0) is 6.42 Å². The summed E-state index contributed by atoms with van der Waals surface area (Å²) in [5, 5.41) is 10.2. The second kappa shape index (κ2) is 5.25. The summed E-state index contributed by atoms with van der Waals surface area (Å²) in [6.45, 7) is 0. The second-order valence-electron chi connectivity index (χ2n) is 3.71. The van der Waals surface area contributed by atoms with Crippen LogP contribution in [-0.4, -0.2) is 12.2 Å². The third-order valence-electron chi connectivity index (χ3n) is 2.51. The van der Waals surface area contributed by atoms with Crippen LogP contribution in [0.3, 0.4) is 0 Å². The van der Waals surface area contributed by atoms with Crippen LogP contribution in [0, 0.1) is 0 Å². The lowest BCUT2D eigenvalue weighted by molar-refractivity contribution is 0.150. The monoisotopic (exact) mass is 252 g/mol. The Hall–Kier alpha value is -1.45. The molecular weight excluding hydrogens is 240 g/mol. The summed E-state index contributed by atoms with van der Waals surface area (Å²) < 4.78 is 10.2. The van der Waals surface area contributed by atoms with E-state index in [1.165, 1.54) is 0 Å². The molecule has 4 heteroatoms. The van der Waals surface area contributed by atoms with Gasteiger partial charge in [-0.3, -0.25) is 0 Å². The quantitative estimate of drug-likeness (QED) is 0.909. The molecule has 0 aliphatic rings. The van der Waals surface area contributed by atoms with E-state index < -0.39 is 6.10 Å². The third kappa shape index (κ3) is 3.02. The Kier molecular flexibility index (Phi) is 3.71. The van der Waals surface area contributed by atoms with Crippen molar-refractivity contribution in [2.75, 3.05) is 7.11 Å². The van der Waals surface area contributed by atoms with Crippen molar-refractivity contribution in [2.24, 2.45) is 0 Å². The third-order valence-corrected chi connectivity index (χ3v) is 2.71. The fraction of sp³-hybridized carbons (Fsp3) is 0.231. The minimum Gasteiger partial charge on any atom is -0.497 e. The average Bonchev–Trinajstić information content (AvgIpc) is 2.77. The average molecular weight is 253 g/mol. The zero-order valence-corrected chi connectivity index (χ0v) is 10.1. The first kappa shape index (κ1) is 12.0. The maximum absolute atomic E-state index is 9.93. The van der Waals surface area contributed by atoms with Gasteiger partial charge in [-0.05, 0) is 41.4 Å². The topological polar surface area (TPSA) is 42.6 Å². The normalized spacial score (nSPS) is 12.4. The lowest BCUT2D eigenvalue weighted by Gasteiger charge is -2.08. The van der Waals surface area contributed by atoms with Gasteiger partial charge in [-0.25, -0.2) is 0 Å². The molecule has 0 bridgehead atoms. The Morgan fingerprint density at radius 3 is 2.47 bits per heavy atom. The standard InChI is InChI=1S/C13H13ClO3/c1-16-10-4-2-9(3-5-10)8-11(15)12-6-7-13(14)17-12/h2-7,11,15H,8H2,1H3. The van der Waals surface area contributed by atoms with Crippen LogP contribution in [0.1, 0.15) is 17.4 Å². The molecule has 3 nitrogen and oxygen atoms in total. The highest BCUT2D eigenvalue weighted by atomic mass is 35.5. The molecule has 0 fully saturated rings. The van der Waals surface area contributed by atoms with Gasteiger partial charge in [-0.15, -0.1) is 0 Å². The van der Waals surface area contributed by atoms with Gasteiger partial charge in [0, 0.05) is 6.42 Å². The molecule has 1 unspecified atom stereocenters. The van der Waals surface area contributed by atoms with E-state index in [0.29, 0.717) is 12.2 Å². The highest BCUT2D eigenvalue weighted by Crippen LogP contribution is 2.23. The van der Waals surface area contributed by atoms with Crippen LogP contribution >= 0.6 is 11.6 Å². The van der Waals surface area contributed by atoms with Gasteiger partial charge in [0.25, 0.3) is 0 Å². The van der Waals surface area contributed by atoms with Crippen molar-refractivity contribution in [3.05, 3.63) is 52.9 Å². The van der Waals surface area contributed by atoms with Crippen LogP contribution in [0.25, 0.3) is 0 Å². The van der Waals surface area contributed by atoms with Crippen molar-refractivity contribution in [3.63, 3.8) is 0 Å². The maximum Gasteiger partial charge on any atom is 0.193 e. The van der Waals surface area contributed by atoms with E-state index in [1.807, 2.05) is 24.3 Å². The molecular formula is C13H13ClO3. The number of benzene rings is 1. The van der Waals surface area contributed by atoms with E-state index >= 15 is 0 Å². The SMILES string of the molecule is COc1ccc(CC(O)c2ccc(Cl)o2)cc1. The fourth-order valence-corrected chi connectivity index (χ4v) is 1.74. The van der Waals surface area contributed by atoms with Gasteiger partial charge in [0.2, 0.25) is 0 Å². The summed E-state index contributed by atoms with van der Waals surface area (Å²) in [7, 11) is 1.62. The first-order valence-electron chi connectivity index (χ1n) is 5.25. The van der Waals surface area contributed by atoms with Gasteiger partial charge >= 0.3 is 0 Å². The number of methoxy groups -OCH3 is 1. The molecule has 17 heavy (non-hydrogen) atoms. The number of hydrogen-bond donors (Lipinski definition) is 1. The Labute approximate surface area is 105 Å². The summed E-state index contributed by atoms with van der Waals surface area (Å²) in [6.07, 6.45) is -0.204. The van der Waals surface area contributed by atoms with Gasteiger partial charge in [-0.2, -0.15) is 0 Å². The Bertz CT molecular complexity index is 476. The van der Waals surface area contributed by atoms with Gasteiger partial charge < -0.3 is 14.3 Å². The number of halogens is 1. The Morgan fingerprint density at radius 1 is 1.24 bits per heavy atom. The number of aliphatic hydroxyl groups excluding tert-OH is 1. The molecule has 0 radical (unpaired) electrons. The summed E-state index contributed by atoms with van der Waals surface area (Å²) >= 11 is 5.65. The predicted octanol–water partition coefficient (Wildman–Crippen LogP) is 3.22. The van der Waals surface area contributed by atoms with Gasteiger partial charge in [0.15, 0.2) is 5.22 Å². The van der Waals surface area contributed by atoms with E-state index in [1.54, 1.807) is 19.2 Å². The molecule has 1 atom stereocenters. The summed E-state index contributed by atoms with van der Waals surface area (Å²) in [5.74, 6) is 1.27. The van der Waals surface area contributed by atoms with Crippen molar-refractivity contribution in [3.8, 4) is 5.75 Å². The Balaban J connectivity index is 2.04. The van der Waals surface area contributed by atoms with Gasteiger partial charge in [-0.1, -0.05) is 12.1 Å². The summed E-state index contributed by atoms with van der Waals surface area (Å²) in [6, 6.07) is 10.8. The maximum atomic E-state index is 9.93. The number of ether oxygens (including phenoxy) is 1. The Morgan fingerprint density at radius 2 is 1.94 bits per heavy atom. The second-order valence-corrected chi connectivity index (χ2v) is 4.08. The summed E-state index contributed by atoms with van der Waals surface area (Å²) in [4.78, 5) is 0. The molecule has 0 saturated heterocycles. The lowest BCUT2D eigenvalue weighted by Crippen LogP contribution is -2.00. The van der Waals surface area contributed by atoms with Crippen molar-refractivity contribution in [2.45, 2.75) is 12.5 Å². The molecule has 2 aromatic rings. The summed E-state index contributed by atoms with van der Waals surface area (Å²) in [5.41, 5.74) is 1.01. The number of aliphatic hydroxyl groups is 1.